The van der Waals surface area contributed by atoms with Gasteiger partial charge in [0.25, 0.3) is 0 Å². The van der Waals surface area contributed by atoms with Crippen LogP contribution in [-0.4, -0.2) is 49.2 Å². The molecule has 1 heterocycles. The first-order valence-corrected chi connectivity index (χ1v) is 10.3. The summed E-state index contributed by atoms with van der Waals surface area (Å²) in [5.41, 5.74) is 7.88. The number of anilines is 1. The lowest BCUT2D eigenvalue weighted by Crippen LogP contribution is -2.31. The lowest BCUT2D eigenvalue weighted by molar-refractivity contribution is 0.300. The van der Waals surface area contributed by atoms with Crippen molar-refractivity contribution in [1.29, 1.82) is 0 Å². The van der Waals surface area contributed by atoms with Gasteiger partial charge in [-0.3, -0.25) is 4.98 Å². The number of aromatic nitrogens is 1. The van der Waals surface area contributed by atoms with E-state index in [0.29, 0.717) is 0 Å². The van der Waals surface area contributed by atoms with Crippen LogP contribution in [0.25, 0.3) is 10.9 Å². The fraction of sp³-hybridized carbons (Fsp3) is 0.571. The van der Waals surface area contributed by atoms with Crippen molar-refractivity contribution < 1.29 is 0 Å². The van der Waals surface area contributed by atoms with E-state index in [4.69, 9.17) is 17.3 Å². The normalized spacial score (nSPS) is 11.4. The van der Waals surface area contributed by atoms with Crippen LogP contribution in [0, 0.1) is 0 Å². The van der Waals surface area contributed by atoms with Gasteiger partial charge in [0.1, 0.15) is 0 Å². The van der Waals surface area contributed by atoms with Crippen LogP contribution in [0.2, 0.25) is 5.02 Å². The molecule has 0 aliphatic heterocycles. The highest BCUT2D eigenvalue weighted by Gasteiger charge is 2.11. The lowest BCUT2D eigenvalue weighted by Gasteiger charge is -2.27. The number of nitrogens with zero attached hydrogens (tertiary/aromatic N) is 3. The van der Waals surface area contributed by atoms with E-state index in [1.54, 1.807) is 0 Å². The Morgan fingerprint density at radius 2 is 1.73 bits per heavy atom. The average molecular weight is 377 g/mol. The molecule has 0 bridgehead atoms. The minimum absolute atomic E-state index is 0.734. The molecule has 1 aromatic heterocycles. The van der Waals surface area contributed by atoms with Gasteiger partial charge in [-0.2, -0.15) is 0 Å². The first kappa shape index (κ1) is 20.9. The minimum Gasteiger partial charge on any atom is -0.371 e. The van der Waals surface area contributed by atoms with E-state index in [-0.39, 0.29) is 0 Å². The second-order valence-corrected chi connectivity index (χ2v) is 7.14. The minimum atomic E-state index is 0.734. The van der Waals surface area contributed by atoms with E-state index in [1.807, 2.05) is 18.3 Å². The number of nitrogens with two attached hydrogens (primary N) is 1. The smallest absolute Gasteiger partial charge is 0.0737 e. The van der Waals surface area contributed by atoms with Gasteiger partial charge in [0.2, 0.25) is 0 Å². The molecular weight excluding hydrogens is 344 g/mol. The molecule has 5 heteroatoms. The maximum atomic E-state index is 6.15. The zero-order valence-corrected chi connectivity index (χ0v) is 17.0. The second-order valence-electron chi connectivity index (χ2n) is 6.71. The molecule has 0 spiro atoms. The van der Waals surface area contributed by atoms with E-state index in [1.165, 1.54) is 23.9 Å². The Hall–Kier alpha value is -1.36. The average Bonchev–Trinajstić information content (AvgIpc) is 2.66. The summed E-state index contributed by atoms with van der Waals surface area (Å²) in [6.07, 6.45) is 6.50. The Balaban J connectivity index is 2.14. The number of hydrogen-bond donors (Lipinski definition) is 1. The predicted octanol–water partition coefficient (Wildman–Crippen LogP) is 4.56. The Bertz CT molecular complexity index is 658. The fourth-order valence-electron chi connectivity index (χ4n) is 3.38. The van der Waals surface area contributed by atoms with Crippen molar-refractivity contribution in [1.82, 2.24) is 9.88 Å². The largest absolute Gasteiger partial charge is 0.371 e. The molecule has 0 aliphatic carbocycles. The molecule has 2 N–H and O–H groups in total. The quantitative estimate of drug-likeness (QED) is 0.552. The van der Waals surface area contributed by atoms with Gasteiger partial charge in [-0.25, -0.2) is 0 Å². The summed E-state index contributed by atoms with van der Waals surface area (Å²) in [5, 5.41) is 1.91. The van der Waals surface area contributed by atoms with Crippen LogP contribution in [0.4, 0.5) is 5.69 Å². The summed E-state index contributed by atoms with van der Waals surface area (Å²) in [7, 11) is 0. The topological polar surface area (TPSA) is 45.4 Å². The zero-order chi connectivity index (χ0) is 18.8. The summed E-state index contributed by atoms with van der Waals surface area (Å²) < 4.78 is 0. The Morgan fingerprint density at radius 3 is 2.46 bits per heavy atom. The van der Waals surface area contributed by atoms with Gasteiger partial charge in [-0.15, -0.1) is 0 Å². The first-order valence-electron chi connectivity index (χ1n) is 9.91. The lowest BCUT2D eigenvalue weighted by atomic mass is 10.1. The highest BCUT2D eigenvalue weighted by Crippen LogP contribution is 2.28. The summed E-state index contributed by atoms with van der Waals surface area (Å²) in [6, 6.07) is 8.13. The Labute approximate surface area is 163 Å². The van der Waals surface area contributed by atoms with Crippen molar-refractivity contribution >= 4 is 28.2 Å². The molecule has 0 amide bonds. The highest BCUT2D eigenvalue weighted by atomic mass is 35.5. The molecule has 0 unspecified atom stereocenters. The second kappa shape index (κ2) is 11.4. The van der Waals surface area contributed by atoms with Crippen molar-refractivity contribution in [2.45, 2.75) is 39.5 Å². The molecule has 26 heavy (non-hydrogen) atoms. The van der Waals surface area contributed by atoms with Crippen molar-refractivity contribution in [2.24, 2.45) is 5.73 Å². The monoisotopic (exact) mass is 376 g/mol. The first-order chi connectivity index (χ1) is 12.7. The SMILES string of the molecule is CCN(CC)CCCN(CCCCCN)c1ccnc2cc(Cl)ccc12. The number of pyridine rings is 1. The number of fused-ring (bicyclic) bond motifs is 1. The standard InChI is InChI=1S/C21H33ClN4/c1-3-25(4-2)14-8-16-26(15-7-5-6-12-23)21-11-13-24-20-17-18(22)9-10-19(20)21/h9-11,13,17H,3-8,12,14-16,23H2,1-2H3. The van der Waals surface area contributed by atoms with Crippen LogP contribution >= 0.6 is 11.6 Å². The number of benzene rings is 1. The van der Waals surface area contributed by atoms with Crippen LogP contribution in [0.15, 0.2) is 30.5 Å². The maximum absolute atomic E-state index is 6.15. The third-order valence-electron chi connectivity index (χ3n) is 4.95. The number of hydrogen-bond acceptors (Lipinski definition) is 4. The van der Waals surface area contributed by atoms with Gasteiger partial charge in [-0.05, 0) is 69.7 Å². The Kier molecular flexibility index (Phi) is 9.16. The van der Waals surface area contributed by atoms with Crippen LogP contribution in [0.5, 0.6) is 0 Å². The summed E-state index contributed by atoms with van der Waals surface area (Å²) in [6.45, 7) is 10.7. The summed E-state index contributed by atoms with van der Waals surface area (Å²) in [4.78, 5) is 9.49. The molecule has 4 nitrogen and oxygen atoms in total. The van der Waals surface area contributed by atoms with Gasteiger partial charge in [0, 0.05) is 35.4 Å². The summed E-state index contributed by atoms with van der Waals surface area (Å²) >= 11 is 6.15. The van der Waals surface area contributed by atoms with E-state index in [9.17, 15) is 0 Å². The van der Waals surface area contributed by atoms with Gasteiger partial charge in [0.15, 0.2) is 0 Å². The van der Waals surface area contributed by atoms with Crippen LogP contribution < -0.4 is 10.6 Å². The molecule has 0 atom stereocenters. The van der Waals surface area contributed by atoms with E-state index >= 15 is 0 Å². The molecule has 0 aliphatic rings. The third-order valence-corrected chi connectivity index (χ3v) is 5.19. The molecule has 0 saturated carbocycles. The highest BCUT2D eigenvalue weighted by molar-refractivity contribution is 6.31. The molecule has 0 fully saturated rings. The van der Waals surface area contributed by atoms with Crippen LogP contribution in [-0.2, 0) is 0 Å². The fourth-order valence-corrected chi connectivity index (χ4v) is 3.55. The Morgan fingerprint density at radius 1 is 0.962 bits per heavy atom. The maximum Gasteiger partial charge on any atom is 0.0737 e. The molecule has 2 aromatic rings. The number of rotatable bonds is 12. The van der Waals surface area contributed by atoms with Crippen molar-refractivity contribution in [3.05, 3.63) is 35.5 Å². The molecular formula is C21H33ClN4. The van der Waals surface area contributed by atoms with Gasteiger partial charge in [0.05, 0.1) is 5.52 Å². The van der Waals surface area contributed by atoms with Gasteiger partial charge >= 0.3 is 0 Å². The van der Waals surface area contributed by atoms with E-state index in [0.717, 1.165) is 62.6 Å². The molecule has 0 radical (unpaired) electrons. The molecule has 144 valence electrons. The van der Waals surface area contributed by atoms with Crippen LogP contribution in [0.1, 0.15) is 39.5 Å². The van der Waals surface area contributed by atoms with Crippen LogP contribution in [0.3, 0.4) is 0 Å². The molecule has 0 saturated heterocycles. The van der Waals surface area contributed by atoms with Gasteiger partial charge in [-0.1, -0.05) is 31.9 Å². The van der Waals surface area contributed by atoms with Crippen molar-refractivity contribution in [2.75, 3.05) is 44.2 Å². The van der Waals surface area contributed by atoms with E-state index < -0.39 is 0 Å². The number of unbranched alkanes of at least 4 members (excludes halogenated alkanes) is 2. The number of halogens is 1. The third kappa shape index (κ3) is 6.11. The van der Waals surface area contributed by atoms with Crippen molar-refractivity contribution in [3.8, 4) is 0 Å². The predicted molar refractivity (Wildman–Crippen MR) is 114 cm³/mol. The zero-order valence-electron chi connectivity index (χ0n) is 16.3. The molecule has 1 aromatic carbocycles. The summed E-state index contributed by atoms with van der Waals surface area (Å²) in [5.74, 6) is 0. The van der Waals surface area contributed by atoms with Crippen molar-refractivity contribution in [3.63, 3.8) is 0 Å². The van der Waals surface area contributed by atoms with Gasteiger partial charge < -0.3 is 15.5 Å². The van der Waals surface area contributed by atoms with E-state index in [2.05, 4.69) is 40.8 Å². The molecule has 2 rings (SSSR count).